The van der Waals surface area contributed by atoms with Crippen LogP contribution in [-0.2, 0) is 19.9 Å². The summed E-state index contributed by atoms with van der Waals surface area (Å²) in [4.78, 5) is 41.4. The largest absolute Gasteiger partial charge is 0.324 e. The number of nitrogens with zero attached hydrogens (tertiary/aromatic N) is 1. The first-order chi connectivity index (χ1) is 13.4. The van der Waals surface area contributed by atoms with Gasteiger partial charge in [0.2, 0.25) is 17.7 Å². The Hall–Kier alpha value is -1.57. The van der Waals surface area contributed by atoms with Gasteiger partial charge in [0.05, 0.1) is 11.8 Å². The smallest absolute Gasteiger partial charge is 0.250 e. The molecule has 6 nitrogen and oxygen atoms in total. The van der Waals surface area contributed by atoms with Crippen molar-refractivity contribution in [3.63, 3.8) is 0 Å². The number of amides is 3. The molecule has 150 valence electrons. The SMILES string of the molecule is CC[C@@H](C)N1C(=O)[C@H]2[C@@H](C1=O)[C@]1(N[C@@H]2CCSC)C(=O)Nc2ccc(Cl)cc21. The average molecular weight is 422 g/mol. The summed E-state index contributed by atoms with van der Waals surface area (Å²) in [5, 5.41) is 6.81. The Kier molecular flexibility index (Phi) is 4.96. The molecule has 0 aromatic heterocycles. The zero-order valence-electron chi connectivity index (χ0n) is 16.1. The number of hydrogen-bond donors (Lipinski definition) is 2. The van der Waals surface area contributed by atoms with Gasteiger partial charge in [-0.05, 0) is 50.0 Å². The molecule has 3 aliphatic heterocycles. The molecule has 2 saturated heterocycles. The number of halogens is 1. The van der Waals surface area contributed by atoms with Gasteiger partial charge in [-0.3, -0.25) is 24.6 Å². The van der Waals surface area contributed by atoms with Crippen LogP contribution in [0.15, 0.2) is 18.2 Å². The molecule has 0 unspecified atom stereocenters. The number of likely N-dealkylation sites (tertiary alicyclic amines) is 1. The van der Waals surface area contributed by atoms with Gasteiger partial charge in [-0.2, -0.15) is 11.8 Å². The minimum atomic E-state index is -1.25. The molecular weight excluding hydrogens is 398 g/mol. The normalized spacial score (nSPS) is 32.1. The topological polar surface area (TPSA) is 78.5 Å². The lowest BCUT2D eigenvalue weighted by atomic mass is 9.76. The fraction of sp³-hybridized carbons (Fsp3) is 0.550. The van der Waals surface area contributed by atoms with Gasteiger partial charge in [0.1, 0.15) is 5.54 Å². The Bertz CT molecular complexity index is 863. The number of anilines is 1. The maximum atomic E-state index is 13.5. The molecule has 4 rings (SSSR count). The van der Waals surface area contributed by atoms with Crippen LogP contribution in [-0.4, -0.2) is 46.7 Å². The maximum absolute atomic E-state index is 13.5. The van der Waals surface area contributed by atoms with E-state index in [0.717, 1.165) is 5.75 Å². The molecule has 0 radical (unpaired) electrons. The summed E-state index contributed by atoms with van der Waals surface area (Å²) in [6, 6.07) is 4.78. The molecular formula is C20H24ClN3O3S. The highest BCUT2D eigenvalue weighted by molar-refractivity contribution is 7.98. The van der Waals surface area contributed by atoms with Crippen LogP contribution < -0.4 is 10.6 Å². The van der Waals surface area contributed by atoms with Crippen molar-refractivity contribution in [3.8, 4) is 0 Å². The summed E-state index contributed by atoms with van der Waals surface area (Å²) >= 11 is 7.91. The van der Waals surface area contributed by atoms with Crippen LogP contribution in [0, 0.1) is 11.8 Å². The summed E-state index contributed by atoms with van der Waals surface area (Å²) in [6.45, 7) is 3.84. The van der Waals surface area contributed by atoms with Crippen molar-refractivity contribution in [3.05, 3.63) is 28.8 Å². The number of imide groups is 1. The van der Waals surface area contributed by atoms with Crippen molar-refractivity contribution < 1.29 is 14.4 Å². The number of hydrogen-bond acceptors (Lipinski definition) is 5. The lowest BCUT2D eigenvalue weighted by Gasteiger charge is -2.31. The molecule has 1 spiro atoms. The van der Waals surface area contributed by atoms with Crippen molar-refractivity contribution in [1.82, 2.24) is 10.2 Å². The third kappa shape index (κ3) is 2.56. The molecule has 8 heteroatoms. The zero-order chi connectivity index (χ0) is 20.2. The minimum Gasteiger partial charge on any atom is -0.324 e. The van der Waals surface area contributed by atoms with Crippen LogP contribution in [0.25, 0.3) is 0 Å². The molecule has 1 aromatic carbocycles. The van der Waals surface area contributed by atoms with Crippen molar-refractivity contribution in [2.24, 2.45) is 11.8 Å². The highest BCUT2D eigenvalue weighted by atomic mass is 35.5. The van der Waals surface area contributed by atoms with E-state index >= 15 is 0 Å². The number of carbonyl (C=O) groups excluding carboxylic acids is 3. The molecule has 5 atom stereocenters. The molecule has 3 aliphatic rings. The quantitative estimate of drug-likeness (QED) is 0.714. The Morgan fingerprint density at radius 3 is 2.71 bits per heavy atom. The summed E-state index contributed by atoms with van der Waals surface area (Å²) in [7, 11) is 0. The molecule has 0 bridgehead atoms. The van der Waals surface area contributed by atoms with Gasteiger partial charge >= 0.3 is 0 Å². The third-order valence-corrected chi connectivity index (χ3v) is 7.25. The van der Waals surface area contributed by atoms with Gasteiger partial charge < -0.3 is 5.32 Å². The van der Waals surface area contributed by atoms with Crippen LogP contribution in [0.5, 0.6) is 0 Å². The van der Waals surface area contributed by atoms with Gasteiger partial charge in [0, 0.05) is 28.4 Å². The Morgan fingerprint density at radius 2 is 2.04 bits per heavy atom. The van der Waals surface area contributed by atoms with Crippen LogP contribution in [0.2, 0.25) is 5.02 Å². The summed E-state index contributed by atoms with van der Waals surface area (Å²) in [5.74, 6) is -1.15. The van der Waals surface area contributed by atoms with E-state index in [2.05, 4.69) is 10.6 Å². The third-order valence-electron chi connectivity index (χ3n) is 6.38. The number of thioether (sulfide) groups is 1. The van der Waals surface area contributed by atoms with E-state index in [0.29, 0.717) is 29.1 Å². The molecule has 3 amide bonds. The first kappa shape index (κ1) is 19.7. The molecule has 28 heavy (non-hydrogen) atoms. The lowest BCUT2D eigenvalue weighted by molar-refractivity contribution is -0.145. The van der Waals surface area contributed by atoms with Crippen LogP contribution >= 0.6 is 23.4 Å². The minimum absolute atomic E-state index is 0.164. The van der Waals surface area contributed by atoms with E-state index in [4.69, 9.17) is 11.6 Å². The van der Waals surface area contributed by atoms with E-state index in [9.17, 15) is 14.4 Å². The Labute approximate surface area is 173 Å². The van der Waals surface area contributed by atoms with E-state index in [1.807, 2.05) is 20.1 Å². The molecule has 2 N–H and O–H groups in total. The van der Waals surface area contributed by atoms with Gasteiger partial charge in [-0.15, -0.1) is 0 Å². The Balaban J connectivity index is 1.86. The first-order valence-corrected chi connectivity index (χ1v) is 11.4. The monoisotopic (exact) mass is 421 g/mol. The second-order valence-electron chi connectivity index (χ2n) is 7.79. The maximum Gasteiger partial charge on any atom is 0.250 e. The van der Waals surface area contributed by atoms with Gasteiger partial charge in [-0.1, -0.05) is 18.5 Å². The van der Waals surface area contributed by atoms with Crippen molar-refractivity contribution in [2.75, 3.05) is 17.3 Å². The number of rotatable bonds is 5. The Morgan fingerprint density at radius 1 is 1.29 bits per heavy atom. The summed E-state index contributed by atoms with van der Waals surface area (Å²) in [5.41, 5.74) is 0.0651. The summed E-state index contributed by atoms with van der Waals surface area (Å²) in [6.07, 6.45) is 3.40. The second kappa shape index (κ2) is 7.04. The number of carbonyl (C=O) groups is 3. The standard InChI is InChI=1S/C20H24ClN3O3S/c1-4-10(2)24-17(25)15-14(7-8-28-3)23-20(16(15)18(24)26)12-9-11(21)5-6-13(12)22-19(20)27/h5-6,9-10,14-16,23H,4,7-8H2,1-3H3,(H,22,27)/t10-,14-,15-,16+,20+/m1/s1. The number of fused-ring (bicyclic) bond motifs is 4. The van der Waals surface area contributed by atoms with Gasteiger partial charge in [-0.25, -0.2) is 0 Å². The second-order valence-corrected chi connectivity index (χ2v) is 9.21. The first-order valence-electron chi connectivity index (χ1n) is 9.61. The molecule has 0 saturated carbocycles. The molecule has 0 aliphatic carbocycles. The molecule has 3 heterocycles. The van der Waals surface area contributed by atoms with Crippen LogP contribution in [0.4, 0.5) is 5.69 Å². The van der Waals surface area contributed by atoms with Crippen molar-refractivity contribution in [1.29, 1.82) is 0 Å². The zero-order valence-corrected chi connectivity index (χ0v) is 17.7. The average Bonchev–Trinajstić information content (AvgIpc) is 3.25. The van der Waals surface area contributed by atoms with E-state index in [1.54, 1.807) is 30.0 Å². The molecule has 2 fully saturated rings. The fourth-order valence-electron chi connectivity index (χ4n) is 4.91. The predicted octanol–water partition coefficient (Wildman–Crippen LogP) is 2.61. The van der Waals surface area contributed by atoms with E-state index in [-0.39, 0.29) is 29.8 Å². The van der Waals surface area contributed by atoms with Crippen LogP contribution in [0.3, 0.4) is 0 Å². The predicted molar refractivity (Wildman–Crippen MR) is 110 cm³/mol. The lowest BCUT2D eigenvalue weighted by Crippen LogP contribution is -2.54. The van der Waals surface area contributed by atoms with Gasteiger partial charge in [0.25, 0.3) is 0 Å². The summed E-state index contributed by atoms with van der Waals surface area (Å²) < 4.78 is 0. The van der Waals surface area contributed by atoms with Crippen LogP contribution in [0.1, 0.15) is 32.3 Å². The van der Waals surface area contributed by atoms with E-state index < -0.39 is 17.4 Å². The number of nitrogens with one attached hydrogen (secondary N) is 2. The number of benzene rings is 1. The van der Waals surface area contributed by atoms with Crippen molar-refractivity contribution >= 4 is 46.8 Å². The highest BCUT2D eigenvalue weighted by Gasteiger charge is 2.70. The fourth-order valence-corrected chi connectivity index (χ4v) is 5.57. The van der Waals surface area contributed by atoms with Gasteiger partial charge in [0.15, 0.2) is 0 Å². The highest BCUT2D eigenvalue weighted by Crippen LogP contribution is 2.54. The molecule has 1 aromatic rings. The van der Waals surface area contributed by atoms with Crippen molar-refractivity contribution in [2.45, 2.75) is 44.3 Å². The van der Waals surface area contributed by atoms with E-state index in [1.165, 1.54) is 4.90 Å².